The summed E-state index contributed by atoms with van der Waals surface area (Å²) in [5.41, 5.74) is 5.32. The lowest BCUT2D eigenvalue weighted by atomic mass is 9.99. The molecule has 0 fully saturated rings. The lowest BCUT2D eigenvalue weighted by Gasteiger charge is -2.23. The van der Waals surface area contributed by atoms with Gasteiger partial charge >= 0.3 is 0 Å². The molecular weight excluding hydrogens is 514 g/mol. The number of aromatic nitrogens is 1. The van der Waals surface area contributed by atoms with Crippen molar-refractivity contribution in [1.29, 1.82) is 5.26 Å². The van der Waals surface area contributed by atoms with Crippen LogP contribution >= 0.6 is 11.8 Å². The van der Waals surface area contributed by atoms with Crippen LogP contribution in [0.4, 0.5) is 11.4 Å². The molecule has 0 aliphatic carbocycles. The third-order valence-corrected chi connectivity index (χ3v) is 7.21. The van der Waals surface area contributed by atoms with E-state index < -0.39 is 0 Å². The van der Waals surface area contributed by atoms with Crippen molar-refractivity contribution in [3.63, 3.8) is 0 Å². The molecule has 0 saturated carbocycles. The number of thioether (sulfide) groups is 1. The van der Waals surface area contributed by atoms with Crippen LogP contribution in [-0.4, -0.2) is 23.3 Å². The maximum absolute atomic E-state index is 13.7. The molecule has 40 heavy (non-hydrogen) atoms. The molecule has 0 bridgehead atoms. The van der Waals surface area contributed by atoms with E-state index in [-0.39, 0.29) is 11.7 Å². The number of carbonyl (C=O) groups is 1. The topological polar surface area (TPSA) is 66.2 Å². The Morgan fingerprint density at radius 1 is 0.825 bits per heavy atom. The van der Waals surface area contributed by atoms with Crippen molar-refractivity contribution in [1.82, 2.24) is 4.98 Å². The summed E-state index contributed by atoms with van der Waals surface area (Å²) in [6, 6.07) is 41.0. The van der Waals surface area contributed by atoms with Crippen LogP contribution in [0.1, 0.15) is 12.5 Å². The van der Waals surface area contributed by atoms with Gasteiger partial charge in [-0.1, -0.05) is 78.5 Å². The van der Waals surface area contributed by atoms with Gasteiger partial charge in [-0.2, -0.15) is 5.26 Å². The van der Waals surface area contributed by atoms with E-state index in [1.807, 2.05) is 128 Å². The predicted molar refractivity (Wildman–Crippen MR) is 162 cm³/mol. The van der Waals surface area contributed by atoms with E-state index in [0.29, 0.717) is 17.2 Å². The number of benzene rings is 4. The minimum atomic E-state index is -0.110. The second-order valence-corrected chi connectivity index (χ2v) is 9.82. The molecule has 0 atom stereocenters. The van der Waals surface area contributed by atoms with Crippen LogP contribution in [0.3, 0.4) is 0 Å². The molecule has 1 amide bonds. The first-order valence-electron chi connectivity index (χ1n) is 13.0. The number of hydrogen-bond acceptors (Lipinski definition) is 5. The summed E-state index contributed by atoms with van der Waals surface area (Å²) in [7, 11) is 0. The first-order chi connectivity index (χ1) is 19.7. The molecule has 1 aromatic heterocycles. The molecule has 6 heteroatoms. The summed E-state index contributed by atoms with van der Waals surface area (Å²) in [6.07, 6.45) is 0. The molecule has 0 saturated heterocycles. The number of hydrogen-bond donors (Lipinski definition) is 0. The maximum atomic E-state index is 13.7. The highest BCUT2D eigenvalue weighted by Gasteiger charge is 2.21. The van der Waals surface area contributed by atoms with Crippen molar-refractivity contribution in [3.8, 4) is 34.2 Å². The summed E-state index contributed by atoms with van der Waals surface area (Å²) in [4.78, 5) is 20.3. The van der Waals surface area contributed by atoms with Crippen LogP contribution in [-0.2, 0) is 4.79 Å². The van der Waals surface area contributed by atoms with Crippen molar-refractivity contribution in [3.05, 3.63) is 127 Å². The number of amides is 1. The van der Waals surface area contributed by atoms with Gasteiger partial charge in [0.15, 0.2) is 0 Å². The Kier molecular flexibility index (Phi) is 8.55. The highest BCUT2D eigenvalue weighted by atomic mass is 32.2. The maximum Gasteiger partial charge on any atom is 0.241 e. The number of para-hydroxylation sites is 2. The zero-order valence-corrected chi connectivity index (χ0v) is 22.8. The fourth-order valence-electron chi connectivity index (χ4n) is 4.40. The number of pyridine rings is 1. The third-order valence-electron chi connectivity index (χ3n) is 6.25. The molecule has 196 valence electrons. The zero-order valence-electron chi connectivity index (χ0n) is 22.0. The van der Waals surface area contributed by atoms with Gasteiger partial charge in [0.25, 0.3) is 0 Å². The van der Waals surface area contributed by atoms with Gasteiger partial charge in [-0.15, -0.1) is 0 Å². The van der Waals surface area contributed by atoms with Crippen LogP contribution in [0.25, 0.3) is 22.4 Å². The summed E-state index contributed by atoms with van der Waals surface area (Å²) in [5.74, 6) is 0.776. The number of anilines is 2. The summed E-state index contributed by atoms with van der Waals surface area (Å²) in [5, 5.41) is 10.7. The highest BCUT2D eigenvalue weighted by molar-refractivity contribution is 8.00. The average Bonchev–Trinajstić information content (AvgIpc) is 3.02. The predicted octanol–water partition coefficient (Wildman–Crippen LogP) is 8.14. The first-order valence-corrected chi connectivity index (χ1v) is 14.0. The highest BCUT2D eigenvalue weighted by Crippen LogP contribution is 2.35. The van der Waals surface area contributed by atoms with Gasteiger partial charge in [-0.25, -0.2) is 4.98 Å². The van der Waals surface area contributed by atoms with Crippen LogP contribution in [0.2, 0.25) is 0 Å². The van der Waals surface area contributed by atoms with Crippen LogP contribution < -0.4 is 9.64 Å². The van der Waals surface area contributed by atoms with Crippen molar-refractivity contribution in [2.75, 3.05) is 17.3 Å². The second-order valence-electron chi connectivity index (χ2n) is 8.86. The van der Waals surface area contributed by atoms with Crippen LogP contribution in [0.15, 0.2) is 126 Å². The van der Waals surface area contributed by atoms with E-state index in [1.165, 1.54) is 11.8 Å². The Morgan fingerprint density at radius 2 is 1.40 bits per heavy atom. The van der Waals surface area contributed by atoms with E-state index in [0.717, 1.165) is 39.5 Å². The van der Waals surface area contributed by atoms with E-state index in [9.17, 15) is 10.1 Å². The van der Waals surface area contributed by atoms with E-state index in [4.69, 9.17) is 9.72 Å². The van der Waals surface area contributed by atoms with E-state index >= 15 is 0 Å². The fourth-order valence-corrected chi connectivity index (χ4v) is 5.25. The third kappa shape index (κ3) is 6.06. The molecule has 0 radical (unpaired) electrons. The Hall–Kier alpha value is -4.86. The van der Waals surface area contributed by atoms with Crippen LogP contribution in [0, 0.1) is 11.3 Å². The zero-order chi connectivity index (χ0) is 27.7. The van der Waals surface area contributed by atoms with Crippen molar-refractivity contribution in [2.45, 2.75) is 11.9 Å². The molecule has 0 spiro atoms. The van der Waals surface area contributed by atoms with Gasteiger partial charge < -0.3 is 4.74 Å². The van der Waals surface area contributed by atoms with E-state index in [1.54, 1.807) is 4.90 Å². The lowest BCUT2D eigenvalue weighted by molar-refractivity contribution is -0.115. The number of nitrogens with zero attached hydrogens (tertiary/aromatic N) is 3. The Balaban J connectivity index is 1.52. The largest absolute Gasteiger partial charge is 0.494 e. The van der Waals surface area contributed by atoms with Crippen LogP contribution in [0.5, 0.6) is 5.75 Å². The molecular formula is C34H27N3O2S. The fraction of sp³-hybridized carbons (Fsp3) is 0.0882. The summed E-state index contributed by atoms with van der Waals surface area (Å²) < 4.78 is 5.60. The molecule has 5 rings (SSSR count). The normalized spacial score (nSPS) is 10.5. The molecule has 4 aromatic carbocycles. The lowest BCUT2D eigenvalue weighted by Crippen LogP contribution is -2.27. The Bertz CT molecular complexity index is 1580. The van der Waals surface area contributed by atoms with Crippen molar-refractivity contribution in [2.24, 2.45) is 0 Å². The molecule has 0 N–H and O–H groups in total. The molecule has 1 heterocycles. The van der Waals surface area contributed by atoms with Gasteiger partial charge in [0.2, 0.25) is 5.91 Å². The number of ether oxygens (including phenoxy) is 1. The number of rotatable bonds is 9. The molecule has 0 aliphatic heterocycles. The van der Waals surface area contributed by atoms with Gasteiger partial charge in [-0.05, 0) is 67.1 Å². The number of nitriles is 1. The van der Waals surface area contributed by atoms with Gasteiger partial charge in [0, 0.05) is 22.5 Å². The van der Waals surface area contributed by atoms with E-state index in [2.05, 4.69) is 6.07 Å². The quantitative estimate of drug-likeness (QED) is 0.176. The standard InChI is InChI=1S/C34H27N3O2S/c1-2-39-29-20-18-26(19-21-29)32-22-30(25-12-6-3-7-13-25)31(23-35)34(36-32)40-24-33(38)37(27-14-8-4-9-15-27)28-16-10-5-11-17-28/h3-22H,2,24H2,1H3. The SMILES string of the molecule is CCOc1ccc(-c2cc(-c3ccccc3)c(C#N)c(SCC(=O)N(c3ccccc3)c3ccccc3)n2)cc1. The second kappa shape index (κ2) is 12.8. The molecule has 0 unspecified atom stereocenters. The van der Waals surface area contributed by atoms with Gasteiger partial charge in [0.05, 0.1) is 23.6 Å². The molecule has 5 aromatic rings. The Morgan fingerprint density at radius 3 is 1.95 bits per heavy atom. The summed E-state index contributed by atoms with van der Waals surface area (Å²) in [6.45, 7) is 2.54. The summed E-state index contributed by atoms with van der Waals surface area (Å²) >= 11 is 1.28. The molecule has 0 aliphatic rings. The Labute approximate surface area is 238 Å². The minimum absolute atomic E-state index is 0.104. The van der Waals surface area contributed by atoms with Gasteiger partial charge in [0.1, 0.15) is 16.8 Å². The van der Waals surface area contributed by atoms with Crippen molar-refractivity contribution < 1.29 is 9.53 Å². The minimum Gasteiger partial charge on any atom is -0.494 e. The van der Waals surface area contributed by atoms with Gasteiger partial charge in [-0.3, -0.25) is 9.69 Å². The monoisotopic (exact) mass is 541 g/mol. The first kappa shape index (κ1) is 26.7. The average molecular weight is 542 g/mol. The smallest absolute Gasteiger partial charge is 0.241 e. The molecule has 5 nitrogen and oxygen atoms in total. The number of carbonyl (C=O) groups excluding carboxylic acids is 1. The van der Waals surface area contributed by atoms with Crippen molar-refractivity contribution >= 4 is 29.0 Å².